The Kier molecular flexibility index (Phi) is 6.01. The first kappa shape index (κ1) is 22.5. The van der Waals surface area contributed by atoms with Gasteiger partial charge in [-0.25, -0.2) is 0 Å². The summed E-state index contributed by atoms with van der Waals surface area (Å²) in [7, 11) is -0.724. The Morgan fingerprint density at radius 1 is 0.417 bits per heavy atom. The highest BCUT2D eigenvalue weighted by molar-refractivity contribution is 6.55. The van der Waals surface area contributed by atoms with Crippen LogP contribution in [0.1, 0.15) is 5.56 Å². The average molecular weight is 479 g/mol. The summed E-state index contributed by atoms with van der Waals surface area (Å²) in [6, 6.07) is 48.0. The quantitative estimate of drug-likeness (QED) is 0.171. The second-order valence-corrected chi connectivity index (χ2v) is 13.3. The number of hydrogen-bond donors (Lipinski definition) is 0. The van der Waals surface area contributed by atoms with Gasteiger partial charge in [0.2, 0.25) is 0 Å². The zero-order chi connectivity index (χ0) is 24.5. The molecular formula is C35H30Si. The fourth-order valence-electron chi connectivity index (χ4n) is 5.51. The Morgan fingerprint density at radius 2 is 0.861 bits per heavy atom. The van der Waals surface area contributed by atoms with E-state index in [1.54, 1.807) is 0 Å². The molecule has 0 saturated heterocycles. The maximum absolute atomic E-state index is 2.47. The molecule has 0 heterocycles. The van der Waals surface area contributed by atoms with Crippen LogP contribution < -0.4 is 0 Å². The second-order valence-electron chi connectivity index (χ2n) is 10.1. The van der Waals surface area contributed by atoms with Gasteiger partial charge in [-0.05, 0) is 61.0 Å². The van der Waals surface area contributed by atoms with Crippen molar-refractivity contribution in [3.05, 3.63) is 133 Å². The smallest absolute Gasteiger partial charge is 0.0352 e. The normalized spacial score (nSPS) is 11.4. The minimum atomic E-state index is -0.724. The standard InChI is InChI=1S/C35H30Si/c1-36(2)24-25-17-22-32-33(23-25)35(28-13-7-4-8-14-28)31-16-10-9-15-30(31)34(32)29-20-18-27(19-21-29)26-11-5-3-6-12-26/h3-23,36H,24H2,1-2H3. The summed E-state index contributed by atoms with van der Waals surface area (Å²) in [4.78, 5) is 0. The third-order valence-electron chi connectivity index (χ3n) is 7.08. The molecule has 0 aliphatic heterocycles. The van der Waals surface area contributed by atoms with E-state index in [0.29, 0.717) is 0 Å². The average Bonchev–Trinajstić information content (AvgIpc) is 2.92. The molecule has 0 aromatic heterocycles. The van der Waals surface area contributed by atoms with Crippen molar-refractivity contribution in [1.29, 1.82) is 0 Å². The van der Waals surface area contributed by atoms with E-state index in [4.69, 9.17) is 0 Å². The van der Waals surface area contributed by atoms with Gasteiger partial charge in [-0.2, -0.15) is 0 Å². The maximum Gasteiger partial charge on any atom is 0.0352 e. The van der Waals surface area contributed by atoms with Crippen molar-refractivity contribution in [2.45, 2.75) is 19.1 Å². The molecule has 0 aliphatic carbocycles. The molecule has 0 unspecified atom stereocenters. The van der Waals surface area contributed by atoms with Gasteiger partial charge in [0.15, 0.2) is 0 Å². The van der Waals surface area contributed by atoms with Gasteiger partial charge in [-0.1, -0.05) is 146 Å². The molecule has 0 N–H and O–H groups in total. The topological polar surface area (TPSA) is 0 Å². The monoisotopic (exact) mass is 478 g/mol. The summed E-state index contributed by atoms with van der Waals surface area (Å²) in [5.41, 5.74) is 9.18. The number of benzene rings is 6. The van der Waals surface area contributed by atoms with Crippen molar-refractivity contribution in [1.82, 2.24) is 0 Å². The molecule has 6 rings (SSSR count). The molecule has 0 bridgehead atoms. The minimum Gasteiger partial charge on any atom is -0.0719 e. The predicted molar refractivity (Wildman–Crippen MR) is 160 cm³/mol. The van der Waals surface area contributed by atoms with E-state index in [1.165, 1.54) is 66.5 Å². The lowest BCUT2D eigenvalue weighted by Crippen LogP contribution is -2.05. The summed E-state index contributed by atoms with van der Waals surface area (Å²) in [5, 5.41) is 5.31. The van der Waals surface area contributed by atoms with Crippen LogP contribution in [0, 0.1) is 0 Å². The van der Waals surface area contributed by atoms with Crippen LogP contribution in [0.2, 0.25) is 13.1 Å². The van der Waals surface area contributed by atoms with Crippen LogP contribution in [0.4, 0.5) is 0 Å². The van der Waals surface area contributed by atoms with E-state index in [9.17, 15) is 0 Å². The van der Waals surface area contributed by atoms with Crippen LogP contribution in [-0.4, -0.2) is 8.80 Å². The summed E-state index contributed by atoms with van der Waals surface area (Å²) >= 11 is 0. The number of rotatable bonds is 5. The fourth-order valence-corrected chi connectivity index (χ4v) is 6.71. The van der Waals surface area contributed by atoms with Gasteiger partial charge in [0.25, 0.3) is 0 Å². The van der Waals surface area contributed by atoms with E-state index in [2.05, 4.69) is 140 Å². The molecule has 174 valence electrons. The Balaban J connectivity index is 1.65. The molecule has 36 heavy (non-hydrogen) atoms. The van der Waals surface area contributed by atoms with E-state index in [0.717, 1.165) is 0 Å². The first-order valence-corrected chi connectivity index (χ1v) is 16.0. The fraction of sp³-hybridized carbons (Fsp3) is 0.0857. The Labute approximate surface area is 215 Å². The van der Waals surface area contributed by atoms with Crippen molar-refractivity contribution in [3.63, 3.8) is 0 Å². The van der Waals surface area contributed by atoms with E-state index >= 15 is 0 Å². The van der Waals surface area contributed by atoms with Crippen molar-refractivity contribution in [3.8, 4) is 33.4 Å². The molecule has 0 saturated carbocycles. The van der Waals surface area contributed by atoms with Gasteiger partial charge in [-0.15, -0.1) is 0 Å². The van der Waals surface area contributed by atoms with Gasteiger partial charge >= 0.3 is 0 Å². The molecule has 0 spiro atoms. The zero-order valence-corrected chi connectivity index (χ0v) is 22.1. The molecule has 0 atom stereocenters. The van der Waals surface area contributed by atoms with Crippen LogP contribution in [0.3, 0.4) is 0 Å². The van der Waals surface area contributed by atoms with Gasteiger partial charge in [0.05, 0.1) is 0 Å². The molecule has 0 aliphatic rings. The highest BCUT2D eigenvalue weighted by atomic mass is 28.3. The molecule has 0 nitrogen and oxygen atoms in total. The largest absolute Gasteiger partial charge is 0.0719 e. The minimum absolute atomic E-state index is 0.724. The predicted octanol–water partition coefficient (Wildman–Crippen LogP) is 9.56. The van der Waals surface area contributed by atoms with Crippen molar-refractivity contribution < 1.29 is 0 Å². The molecule has 1 heteroatoms. The van der Waals surface area contributed by atoms with Crippen LogP contribution in [0.15, 0.2) is 127 Å². The summed E-state index contributed by atoms with van der Waals surface area (Å²) < 4.78 is 0. The summed E-state index contributed by atoms with van der Waals surface area (Å²) in [5.74, 6) is 0. The van der Waals surface area contributed by atoms with Crippen molar-refractivity contribution in [2.24, 2.45) is 0 Å². The Hall–Kier alpha value is -3.94. The lowest BCUT2D eigenvalue weighted by molar-refractivity contribution is 1.37. The molecule has 0 amide bonds. The molecule has 6 aromatic carbocycles. The highest BCUT2D eigenvalue weighted by Crippen LogP contribution is 2.44. The zero-order valence-electron chi connectivity index (χ0n) is 20.9. The summed E-state index contributed by atoms with van der Waals surface area (Å²) in [6.07, 6.45) is 0. The van der Waals surface area contributed by atoms with E-state index in [1.807, 2.05) is 0 Å². The van der Waals surface area contributed by atoms with Gasteiger partial charge in [0, 0.05) is 8.80 Å². The van der Waals surface area contributed by atoms with Gasteiger partial charge < -0.3 is 0 Å². The maximum atomic E-state index is 2.47. The first-order valence-electron chi connectivity index (χ1n) is 12.9. The molecule has 0 radical (unpaired) electrons. The van der Waals surface area contributed by atoms with Crippen LogP contribution in [0.25, 0.3) is 54.9 Å². The first-order chi connectivity index (χ1) is 17.7. The Morgan fingerprint density at radius 3 is 1.47 bits per heavy atom. The third-order valence-corrected chi connectivity index (χ3v) is 8.36. The van der Waals surface area contributed by atoms with Gasteiger partial charge in [0.1, 0.15) is 0 Å². The van der Waals surface area contributed by atoms with Crippen LogP contribution in [0.5, 0.6) is 0 Å². The van der Waals surface area contributed by atoms with E-state index in [-0.39, 0.29) is 0 Å². The number of hydrogen-bond acceptors (Lipinski definition) is 0. The van der Waals surface area contributed by atoms with Crippen molar-refractivity contribution >= 4 is 30.3 Å². The van der Waals surface area contributed by atoms with Crippen LogP contribution >= 0.6 is 0 Å². The summed E-state index contributed by atoms with van der Waals surface area (Å²) in [6.45, 7) is 4.87. The molecule has 0 fully saturated rings. The SMILES string of the molecule is C[SiH](C)Cc1ccc2c(-c3ccc(-c4ccccc4)cc3)c3ccccc3c(-c3ccccc3)c2c1. The lowest BCUT2D eigenvalue weighted by Gasteiger charge is -2.19. The van der Waals surface area contributed by atoms with E-state index < -0.39 is 8.80 Å². The third kappa shape index (κ3) is 4.17. The molecular weight excluding hydrogens is 448 g/mol. The number of fused-ring (bicyclic) bond motifs is 2. The highest BCUT2D eigenvalue weighted by Gasteiger charge is 2.17. The second kappa shape index (κ2) is 9.60. The van der Waals surface area contributed by atoms with Crippen LogP contribution in [-0.2, 0) is 6.04 Å². The van der Waals surface area contributed by atoms with Gasteiger partial charge in [-0.3, -0.25) is 0 Å². The van der Waals surface area contributed by atoms with Crippen molar-refractivity contribution in [2.75, 3.05) is 0 Å². The Bertz CT molecular complexity index is 1650. The lowest BCUT2D eigenvalue weighted by atomic mass is 9.85. The molecule has 6 aromatic rings.